The third kappa shape index (κ3) is 2.16. The van der Waals surface area contributed by atoms with E-state index < -0.39 is 0 Å². The van der Waals surface area contributed by atoms with Gasteiger partial charge in [-0.25, -0.2) is 0 Å². The van der Waals surface area contributed by atoms with E-state index in [1.54, 1.807) is 12.1 Å². The fourth-order valence-corrected chi connectivity index (χ4v) is 1.47. The van der Waals surface area contributed by atoms with Gasteiger partial charge in [0.15, 0.2) is 0 Å². The second-order valence-electron chi connectivity index (χ2n) is 2.12. The first kappa shape index (κ1) is 9.42. The Balaban J connectivity index is 3.02. The second-order valence-corrected chi connectivity index (χ2v) is 3.35. The zero-order valence-electron chi connectivity index (χ0n) is 6.49. The number of hydrogen-bond acceptors (Lipinski definition) is 3. The van der Waals surface area contributed by atoms with Crippen molar-refractivity contribution in [3.63, 3.8) is 0 Å². The van der Waals surface area contributed by atoms with Gasteiger partial charge in [0, 0.05) is 10.6 Å². The monoisotopic (exact) mass is 201 g/mol. The number of oxime groups is 1. The molecular weight excluding hydrogens is 194 g/mol. The highest BCUT2D eigenvalue weighted by atomic mass is 35.5. The first-order valence-electron chi connectivity index (χ1n) is 3.30. The van der Waals surface area contributed by atoms with E-state index >= 15 is 0 Å². The van der Waals surface area contributed by atoms with Gasteiger partial charge in [-0.3, -0.25) is 0 Å². The normalized spacial score (nSPS) is 11.7. The number of benzene rings is 1. The van der Waals surface area contributed by atoms with Gasteiger partial charge in [-0.15, -0.1) is 11.8 Å². The standard InChI is InChI=1S/C8H8ClNOS/c1-12-8(10-11)6-3-2-4-7(9)5-6/h2-5,11H,1H3/b10-8+. The third-order valence-corrected chi connectivity index (χ3v) is 2.29. The molecule has 0 saturated carbocycles. The maximum atomic E-state index is 8.59. The van der Waals surface area contributed by atoms with Gasteiger partial charge in [-0.05, 0) is 18.4 Å². The fraction of sp³-hybridized carbons (Fsp3) is 0.125. The lowest BCUT2D eigenvalue weighted by Gasteiger charge is -1.99. The maximum Gasteiger partial charge on any atom is 0.142 e. The molecule has 1 aromatic carbocycles. The minimum atomic E-state index is 0.567. The molecule has 12 heavy (non-hydrogen) atoms. The summed E-state index contributed by atoms with van der Waals surface area (Å²) in [6.07, 6.45) is 1.84. The predicted octanol–water partition coefficient (Wildman–Crippen LogP) is 2.84. The second kappa shape index (κ2) is 4.38. The average Bonchev–Trinajstić information content (AvgIpc) is 2.07. The van der Waals surface area contributed by atoms with Crippen LogP contribution in [-0.4, -0.2) is 16.5 Å². The van der Waals surface area contributed by atoms with Crippen LogP contribution < -0.4 is 0 Å². The Labute approximate surface area is 80.2 Å². The summed E-state index contributed by atoms with van der Waals surface area (Å²) in [7, 11) is 0. The summed E-state index contributed by atoms with van der Waals surface area (Å²) >= 11 is 7.13. The molecule has 1 aromatic rings. The van der Waals surface area contributed by atoms with Crippen LogP contribution in [0.4, 0.5) is 0 Å². The van der Waals surface area contributed by atoms with E-state index in [1.807, 2.05) is 18.4 Å². The molecule has 0 radical (unpaired) electrons. The van der Waals surface area contributed by atoms with E-state index in [-0.39, 0.29) is 0 Å². The van der Waals surface area contributed by atoms with Crippen molar-refractivity contribution in [2.75, 3.05) is 6.26 Å². The average molecular weight is 202 g/mol. The molecule has 0 saturated heterocycles. The van der Waals surface area contributed by atoms with Gasteiger partial charge < -0.3 is 5.21 Å². The molecule has 0 aliphatic heterocycles. The predicted molar refractivity (Wildman–Crippen MR) is 53.3 cm³/mol. The summed E-state index contributed by atoms with van der Waals surface area (Å²) in [6, 6.07) is 7.20. The minimum Gasteiger partial charge on any atom is -0.410 e. The van der Waals surface area contributed by atoms with E-state index in [2.05, 4.69) is 5.16 Å². The number of thioether (sulfide) groups is 1. The highest BCUT2D eigenvalue weighted by Gasteiger charge is 2.01. The van der Waals surface area contributed by atoms with Gasteiger partial charge in [0.2, 0.25) is 0 Å². The van der Waals surface area contributed by atoms with Gasteiger partial charge >= 0.3 is 0 Å². The Bertz CT molecular complexity index is 301. The van der Waals surface area contributed by atoms with Crippen molar-refractivity contribution >= 4 is 28.4 Å². The Kier molecular flexibility index (Phi) is 3.44. The summed E-state index contributed by atoms with van der Waals surface area (Å²) in [5, 5.41) is 12.9. The fourth-order valence-electron chi connectivity index (χ4n) is 0.838. The van der Waals surface area contributed by atoms with Crippen molar-refractivity contribution in [3.8, 4) is 0 Å². The Morgan fingerprint density at radius 1 is 1.58 bits per heavy atom. The summed E-state index contributed by atoms with van der Waals surface area (Å²) in [6.45, 7) is 0. The smallest absolute Gasteiger partial charge is 0.142 e. The van der Waals surface area contributed by atoms with E-state index in [9.17, 15) is 0 Å². The molecule has 0 heterocycles. The number of hydrogen-bond donors (Lipinski definition) is 1. The summed E-state index contributed by atoms with van der Waals surface area (Å²) in [5.41, 5.74) is 0.831. The number of rotatable bonds is 1. The van der Waals surface area contributed by atoms with Crippen LogP contribution in [-0.2, 0) is 0 Å². The van der Waals surface area contributed by atoms with E-state index in [4.69, 9.17) is 16.8 Å². The molecule has 1 N–H and O–H groups in total. The molecule has 0 spiro atoms. The molecule has 0 aromatic heterocycles. The molecular formula is C8H8ClNOS. The van der Waals surface area contributed by atoms with E-state index in [0.717, 1.165) is 5.56 Å². The van der Waals surface area contributed by atoms with Gasteiger partial charge in [-0.2, -0.15) is 0 Å². The van der Waals surface area contributed by atoms with Crippen molar-refractivity contribution in [1.29, 1.82) is 0 Å². The van der Waals surface area contributed by atoms with Crippen LogP contribution in [0.15, 0.2) is 29.4 Å². The first-order chi connectivity index (χ1) is 5.77. The highest BCUT2D eigenvalue weighted by molar-refractivity contribution is 8.13. The molecule has 2 nitrogen and oxygen atoms in total. The molecule has 1 rings (SSSR count). The lowest BCUT2D eigenvalue weighted by Crippen LogP contribution is -1.93. The molecule has 0 atom stereocenters. The highest BCUT2D eigenvalue weighted by Crippen LogP contribution is 2.15. The van der Waals surface area contributed by atoms with Gasteiger partial charge in [0.05, 0.1) is 0 Å². The van der Waals surface area contributed by atoms with Gasteiger partial charge in [0.25, 0.3) is 0 Å². The Hall–Kier alpha value is -0.670. The Morgan fingerprint density at radius 2 is 2.33 bits per heavy atom. The van der Waals surface area contributed by atoms with Crippen LogP contribution >= 0.6 is 23.4 Å². The van der Waals surface area contributed by atoms with Gasteiger partial charge in [0.1, 0.15) is 5.04 Å². The molecule has 0 unspecified atom stereocenters. The maximum absolute atomic E-state index is 8.59. The van der Waals surface area contributed by atoms with E-state index in [0.29, 0.717) is 10.1 Å². The third-order valence-electron chi connectivity index (χ3n) is 1.36. The van der Waals surface area contributed by atoms with Crippen LogP contribution in [0.2, 0.25) is 5.02 Å². The topological polar surface area (TPSA) is 32.6 Å². The van der Waals surface area contributed by atoms with Crippen LogP contribution in [0.5, 0.6) is 0 Å². The summed E-state index contributed by atoms with van der Waals surface area (Å²) < 4.78 is 0. The van der Waals surface area contributed by atoms with E-state index in [1.165, 1.54) is 11.8 Å². The molecule has 0 bridgehead atoms. The molecule has 0 aliphatic rings. The molecule has 0 fully saturated rings. The van der Waals surface area contributed by atoms with Crippen LogP contribution in [0, 0.1) is 0 Å². The van der Waals surface area contributed by atoms with Crippen molar-refractivity contribution in [1.82, 2.24) is 0 Å². The lowest BCUT2D eigenvalue weighted by molar-refractivity contribution is 0.321. The minimum absolute atomic E-state index is 0.567. The van der Waals surface area contributed by atoms with Gasteiger partial charge in [-0.1, -0.05) is 28.9 Å². The molecule has 0 aliphatic carbocycles. The lowest BCUT2D eigenvalue weighted by atomic mass is 10.2. The van der Waals surface area contributed by atoms with Crippen LogP contribution in [0.1, 0.15) is 5.56 Å². The van der Waals surface area contributed by atoms with Crippen molar-refractivity contribution in [2.24, 2.45) is 5.16 Å². The van der Waals surface area contributed by atoms with Crippen molar-refractivity contribution < 1.29 is 5.21 Å². The van der Waals surface area contributed by atoms with Crippen LogP contribution in [0.3, 0.4) is 0 Å². The van der Waals surface area contributed by atoms with Crippen molar-refractivity contribution in [2.45, 2.75) is 0 Å². The van der Waals surface area contributed by atoms with Crippen molar-refractivity contribution in [3.05, 3.63) is 34.9 Å². The molecule has 4 heteroatoms. The summed E-state index contributed by atoms with van der Waals surface area (Å²) in [4.78, 5) is 0. The largest absolute Gasteiger partial charge is 0.410 e. The number of halogens is 1. The quantitative estimate of drug-likeness (QED) is 0.328. The van der Waals surface area contributed by atoms with Crippen LogP contribution in [0.25, 0.3) is 0 Å². The molecule has 64 valence electrons. The zero-order chi connectivity index (χ0) is 8.97. The molecule has 0 amide bonds. The SMILES string of the molecule is CS/C(=N/O)c1cccc(Cl)c1. The Morgan fingerprint density at radius 3 is 2.83 bits per heavy atom. The summed E-state index contributed by atoms with van der Waals surface area (Å²) in [5.74, 6) is 0. The zero-order valence-corrected chi connectivity index (χ0v) is 8.06. The first-order valence-corrected chi connectivity index (χ1v) is 4.90. The number of nitrogens with zero attached hydrogens (tertiary/aromatic N) is 1.